The fraction of sp³-hybridized carbons (Fsp3) is 0.600. The van der Waals surface area contributed by atoms with Crippen molar-refractivity contribution in [2.75, 3.05) is 24.0 Å². The molecule has 0 amide bonds. The molecule has 1 rings (SSSR count). The largest absolute Gasteiger partial charge is 0.356 e. The van der Waals surface area contributed by atoms with E-state index in [0.29, 0.717) is 17.1 Å². The van der Waals surface area contributed by atoms with Crippen molar-refractivity contribution in [1.29, 1.82) is 0 Å². The van der Waals surface area contributed by atoms with E-state index in [1.807, 2.05) is 7.05 Å². The van der Waals surface area contributed by atoms with E-state index in [2.05, 4.69) is 28.0 Å². The maximum Gasteiger partial charge on any atom is 0.138 e. The summed E-state index contributed by atoms with van der Waals surface area (Å²) in [5.41, 5.74) is 0.793. The molecule has 1 aromatic rings. The highest BCUT2D eigenvalue weighted by atomic mass is 35.5. The number of halogens is 2. The Morgan fingerprint density at radius 2 is 2.19 bits per heavy atom. The van der Waals surface area contributed by atoms with Crippen molar-refractivity contribution in [2.45, 2.75) is 18.8 Å². The number of alkyl halides is 1. The number of hydrogen-bond donors (Lipinski definition) is 0. The number of nitrogens with zero attached hydrogens (tertiary/aromatic N) is 3. The van der Waals surface area contributed by atoms with Crippen molar-refractivity contribution in [2.24, 2.45) is 0 Å². The maximum absolute atomic E-state index is 5.99. The third-order valence-electron chi connectivity index (χ3n) is 2.41. The topological polar surface area (TPSA) is 29.0 Å². The van der Waals surface area contributed by atoms with Gasteiger partial charge >= 0.3 is 0 Å². The van der Waals surface area contributed by atoms with E-state index >= 15 is 0 Å². The molecule has 1 unspecified atom stereocenters. The fourth-order valence-corrected chi connectivity index (χ4v) is 2.58. The Labute approximate surface area is 111 Å². The average Bonchev–Trinajstić information content (AvgIpc) is 2.28. The predicted octanol–water partition coefficient (Wildman–Crippen LogP) is 3.06. The lowest BCUT2D eigenvalue weighted by Crippen LogP contribution is -2.32. The van der Waals surface area contributed by atoms with Crippen LogP contribution in [0, 0.1) is 0 Å². The number of rotatable bonds is 5. The third kappa shape index (κ3) is 3.15. The second-order valence-electron chi connectivity index (χ2n) is 3.52. The second kappa shape index (κ2) is 6.52. The molecule has 1 atom stereocenters. The number of thioether (sulfide) groups is 1. The van der Waals surface area contributed by atoms with Gasteiger partial charge in [-0.1, -0.05) is 11.6 Å². The summed E-state index contributed by atoms with van der Waals surface area (Å²) in [5, 5.41) is 0.434. The number of aromatic nitrogens is 2. The Bertz CT molecular complexity index is 349. The van der Waals surface area contributed by atoms with Crippen LogP contribution in [0.1, 0.15) is 12.5 Å². The Morgan fingerprint density at radius 1 is 1.50 bits per heavy atom. The summed E-state index contributed by atoms with van der Waals surface area (Å²) >= 11 is 13.7. The zero-order chi connectivity index (χ0) is 12.1. The number of hydrogen-bond acceptors (Lipinski definition) is 4. The van der Waals surface area contributed by atoms with E-state index in [4.69, 9.17) is 23.2 Å². The van der Waals surface area contributed by atoms with Crippen LogP contribution in [0.3, 0.4) is 0 Å². The van der Waals surface area contributed by atoms with E-state index in [1.165, 1.54) is 6.33 Å². The Morgan fingerprint density at radius 3 is 2.75 bits per heavy atom. The molecule has 6 heteroatoms. The van der Waals surface area contributed by atoms with Crippen LogP contribution < -0.4 is 4.90 Å². The maximum atomic E-state index is 5.99. The first-order chi connectivity index (χ1) is 7.61. The SMILES string of the molecule is CSCC(C)N(C)c1ncnc(Cl)c1CCl. The Hall–Kier alpha value is -0.190. The highest BCUT2D eigenvalue weighted by molar-refractivity contribution is 7.98. The van der Waals surface area contributed by atoms with Gasteiger partial charge < -0.3 is 4.90 Å². The zero-order valence-corrected chi connectivity index (χ0v) is 11.9. The van der Waals surface area contributed by atoms with Crippen molar-refractivity contribution in [3.05, 3.63) is 17.0 Å². The van der Waals surface area contributed by atoms with Gasteiger partial charge in [0, 0.05) is 24.4 Å². The van der Waals surface area contributed by atoms with Crippen molar-refractivity contribution in [3.8, 4) is 0 Å². The molecule has 0 aromatic carbocycles. The Balaban J connectivity index is 2.98. The van der Waals surface area contributed by atoms with E-state index in [0.717, 1.165) is 17.1 Å². The van der Waals surface area contributed by atoms with E-state index in [1.54, 1.807) is 11.8 Å². The molecule has 1 heterocycles. The normalized spacial score (nSPS) is 12.6. The van der Waals surface area contributed by atoms with Crippen LogP contribution in [0.25, 0.3) is 0 Å². The molecule has 90 valence electrons. The lowest BCUT2D eigenvalue weighted by Gasteiger charge is -2.27. The van der Waals surface area contributed by atoms with Gasteiger partial charge in [0.2, 0.25) is 0 Å². The van der Waals surface area contributed by atoms with Gasteiger partial charge in [-0.3, -0.25) is 0 Å². The van der Waals surface area contributed by atoms with Gasteiger partial charge in [-0.05, 0) is 13.2 Å². The quantitative estimate of drug-likeness (QED) is 0.612. The smallest absolute Gasteiger partial charge is 0.138 e. The highest BCUT2D eigenvalue weighted by Crippen LogP contribution is 2.25. The van der Waals surface area contributed by atoms with Crippen LogP contribution in [0.5, 0.6) is 0 Å². The van der Waals surface area contributed by atoms with Gasteiger partial charge in [0.05, 0.1) is 5.88 Å². The molecule has 0 fully saturated rings. The summed E-state index contributed by atoms with van der Waals surface area (Å²) in [4.78, 5) is 10.3. The van der Waals surface area contributed by atoms with Crippen molar-refractivity contribution in [3.63, 3.8) is 0 Å². The lowest BCUT2D eigenvalue weighted by molar-refractivity contribution is 0.747. The molecule has 0 bridgehead atoms. The molecule has 0 saturated heterocycles. The van der Waals surface area contributed by atoms with Crippen LogP contribution in [0.2, 0.25) is 5.15 Å². The van der Waals surface area contributed by atoms with Gasteiger partial charge in [0.25, 0.3) is 0 Å². The molecule has 1 aromatic heterocycles. The van der Waals surface area contributed by atoms with Gasteiger partial charge in [0.15, 0.2) is 0 Å². The van der Waals surface area contributed by atoms with Gasteiger partial charge in [0.1, 0.15) is 17.3 Å². The Kier molecular flexibility index (Phi) is 5.66. The molecule has 0 aliphatic heterocycles. The zero-order valence-electron chi connectivity index (χ0n) is 9.57. The summed E-state index contributed by atoms with van der Waals surface area (Å²) in [6, 6.07) is 0.378. The molecule has 0 radical (unpaired) electrons. The predicted molar refractivity (Wildman–Crippen MR) is 72.8 cm³/mol. The van der Waals surface area contributed by atoms with Crippen LogP contribution >= 0.6 is 35.0 Å². The molecule has 0 aliphatic carbocycles. The summed E-state index contributed by atoms with van der Waals surface area (Å²) in [6.07, 6.45) is 3.55. The average molecular weight is 280 g/mol. The third-order valence-corrected chi connectivity index (χ3v) is 3.82. The fourth-order valence-electron chi connectivity index (χ4n) is 1.36. The summed E-state index contributed by atoms with van der Waals surface area (Å²) < 4.78 is 0. The summed E-state index contributed by atoms with van der Waals surface area (Å²) in [7, 11) is 2.00. The first kappa shape index (κ1) is 13.9. The van der Waals surface area contributed by atoms with E-state index in [-0.39, 0.29) is 0 Å². The van der Waals surface area contributed by atoms with Gasteiger partial charge in [-0.25, -0.2) is 9.97 Å². The van der Waals surface area contributed by atoms with Crippen molar-refractivity contribution < 1.29 is 0 Å². The van der Waals surface area contributed by atoms with Crippen LogP contribution in [-0.4, -0.2) is 35.1 Å². The number of anilines is 1. The molecule has 0 N–H and O–H groups in total. The summed E-state index contributed by atoms with van der Waals surface area (Å²) in [6.45, 7) is 2.14. The van der Waals surface area contributed by atoms with Crippen molar-refractivity contribution in [1.82, 2.24) is 9.97 Å². The van der Waals surface area contributed by atoms with Crippen LogP contribution in [0.15, 0.2) is 6.33 Å². The molecule has 0 saturated carbocycles. The molecular weight excluding hydrogens is 265 g/mol. The minimum atomic E-state index is 0.325. The molecule has 0 aliphatic rings. The second-order valence-corrected chi connectivity index (χ2v) is 5.05. The molecule has 3 nitrogen and oxygen atoms in total. The standard InChI is InChI=1S/C10H15Cl2N3S/c1-7(5-16-3)15(2)10-8(4-11)9(12)13-6-14-10/h6-7H,4-5H2,1-3H3. The highest BCUT2D eigenvalue weighted by Gasteiger charge is 2.16. The van der Waals surface area contributed by atoms with Gasteiger partial charge in [-0.2, -0.15) is 11.8 Å². The summed E-state index contributed by atoms with van der Waals surface area (Å²) in [5.74, 6) is 2.17. The lowest BCUT2D eigenvalue weighted by atomic mass is 10.2. The van der Waals surface area contributed by atoms with Crippen LogP contribution in [0.4, 0.5) is 5.82 Å². The minimum Gasteiger partial charge on any atom is -0.356 e. The van der Waals surface area contributed by atoms with Crippen LogP contribution in [-0.2, 0) is 5.88 Å². The van der Waals surface area contributed by atoms with Crippen molar-refractivity contribution >= 4 is 40.8 Å². The molecule has 16 heavy (non-hydrogen) atoms. The van der Waals surface area contributed by atoms with E-state index < -0.39 is 0 Å². The molecule has 0 spiro atoms. The van der Waals surface area contributed by atoms with Gasteiger partial charge in [-0.15, -0.1) is 11.6 Å². The minimum absolute atomic E-state index is 0.325. The first-order valence-corrected chi connectivity index (χ1v) is 7.19. The molecular formula is C10H15Cl2N3S. The van der Waals surface area contributed by atoms with E-state index in [9.17, 15) is 0 Å². The monoisotopic (exact) mass is 279 g/mol. The first-order valence-electron chi connectivity index (χ1n) is 4.88.